The molecule has 0 aliphatic carbocycles. The molecule has 1 amide bonds. The molecule has 0 aromatic heterocycles. The fourth-order valence-corrected chi connectivity index (χ4v) is 2.07. The minimum absolute atomic E-state index is 0.204. The van der Waals surface area contributed by atoms with Crippen molar-refractivity contribution >= 4 is 29.1 Å². The Bertz CT molecular complexity index is 464. The van der Waals surface area contributed by atoms with E-state index in [2.05, 4.69) is 5.32 Å². The summed E-state index contributed by atoms with van der Waals surface area (Å²) < 4.78 is 10.4. The number of halogens is 2. The Labute approximate surface area is 128 Å². The summed E-state index contributed by atoms with van der Waals surface area (Å²) in [4.78, 5) is 11.9. The maximum absolute atomic E-state index is 11.9. The van der Waals surface area contributed by atoms with Gasteiger partial charge in [-0.05, 0) is 25.0 Å². The first-order valence-electron chi connectivity index (χ1n) is 6.60. The lowest BCUT2D eigenvalue weighted by molar-refractivity contribution is 0.0945. The first kappa shape index (κ1) is 15.6. The van der Waals surface area contributed by atoms with Gasteiger partial charge >= 0.3 is 0 Å². The van der Waals surface area contributed by atoms with E-state index < -0.39 is 0 Å². The van der Waals surface area contributed by atoms with Crippen LogP contribution in [0.25, 0.3) is 0 Å². The fraction of sp³-hybridized carbons (Fsp3) is 0.500. The van der Waals surface area contributed by atoms with Crippen LogP contribution in [0.4, 0.5) is 0 Å². The van der Waals surface area contributed by atoms with E-state index >= 15 is 0 Å². The predicted molar refractivity (Wildman–Crippen MR) is 78.6 cm³/mol. The molecule has 2 rings (SSSR count). The molecular weight excluding hydrogens is 301 g/mol. The molecule has 1 aromatic rings. The minimum atomic E-state index is -0.204. The number of unbranched alkanes of at least 4 members (excludes halogenated alkanes) is 1. The summed E-state index contributed by atoms with van der Waals surface area (Å²) >= 11 is 11.8. The number of hydrogen-bond donors (Lipinski definition) is 1. The zero-order chi connectivity index (χ0) is 14.4. The lowest BCUT2D eigenvalue weighted by atomic mass is 10.2. The molecule has 1 unspecified atom stereocenters. The van der Waals surface area contributed by atoms with Crippen LogP contribution in [0.1, 0.15) is 23.2 Å². The smallest absolute Gasteiger partial charge is 0.252 e. The van der Waals surface area contributed by atoms with Crippen molar-refractivity contribution in [3.8, 4) is 0 Å². The van der Waals surface area contributed by atoms with E-state index in [1.807, 2.05) is 0 Å². The number of amides is 1. The lowest BCUT2D eigenvalue weighted by Crippen LogP contribution is -2.25. The van der Waals surface area contributed by atoms with Gasteiger partial charge in [0.05, 0.1) is 28.8 Å². The number of epoxide rings is 1. The summed E-state index contributed by atoms with van der Waals surface area (Å²) in [6.45, 7) is 2.76. The quantitative estimate of drug-likeness (QED) is 0.592. The highest BCUT2D eigenvalue weighted by molar-refractivity contribution is 6.43. The van der Waals surface area contributed by atoms with E-state index in [4.69, 9.17) is 32.7 Å². The second-order valence-electron chi connectivity index (χ2n) is 4.59. The van der Waals surface area contributed by atoms with Gasteiger partial charge < -0.3 is 14.8 Å². The van der Waals surface area contributed by atoms with Crippen LogP contribution in [0.15, 0.2) is 18.2 Å². The minimum Gasteiger partial charge on any atom is -0.379 e. The number of carbonyl (C=O) groups excluding carboxylic acids is 1. The van der Waals surface area contributed by atoms with Crippen LogP contribution < -0.4 is 5.32 Å². The van der Waals surface area contributed by atoms with Gasteiger partial charge in [0.25, 0.3) is 5.91 Å². The molecule has 1 aromatic carbocycles. The van der Waals surface area contributed by atoms with Crippen molar-refractivity contribution in [2.45, 2.75) is 18.9 Å². The summed E-state index contributed by atoms with van der Waals surface area (Å²) in [7, 11) is 0. The number of benzene rings is 1. The molecular formula is C14H17Cl2NO3. The Morgan fingerprint density at radius 3 is 2.95 bits per heavy atom. The Kier molecular flexibility index (Phi) is 6.10. The van der Waals surface area contributed by atoms with E-state index in [1.54, 1.807) is 18.2 Å². The van der Waals surface area contributed by atoms with Crippen LogP contribution in [0.2, 0.25) is 10.0 Å². The average Bonchev–Trinajstić information content (AvgIpc) is 3.24. The third kappa shape index (κ3) is 4.94. The van der Waals surface area contributed by atoms with Crippen molar-refractivity contribution in [1.82, 2.24) is 5.32 Å². The Hall–Kier alpha value is -0.810. The Morgan fingerprint density at radius 1 is 1.40 bits per heavy atom. The second kappa shape index (κ2) is 7.84. The number of nitrogens with one attached hydrogen (secondary N) is 1. The summed E-state index contributed by atoms with van der Waals surface area (Å²) in [5, 5.41) is 3.49. The number of ether oxygens (including phenoxy) is 2. The number of hydrogen-bond acceptors (Lipinski definition) is 3. The van der Waals surface area contributed by atoms with Crippen molar-refractivity contribution in [2.24, 2.45) is 0 Å². The van der Waals surface area contributed by atoms with Gasteiger partial charge in [-0.1, -0.05) is 29.3 Å². The van der Waals surface area contributed by atoms with E-state index in [-0.39, 0.29) is 5.91 Å². The van der Waals surface area contributed by atoms with Crippen molar-refractivity contribution < 1.29 is 14.3 Å². The molecule has 0 spiro atoms. The van der Waals surface area contributed by atoms with Crippen molar-refractivity contribution in [1.29, 1.82) is 0 Å². The van der Waals surface area contributed by atoms with Crippen molar-refractivity contribution in [3.05, 3.63) is 33.8 Å². The molecule has 1 aliphatic rings. The average molecular weight is 318 g/mol. The fourth-order valence-electron chi connectivity index (χ4n) is 1.68. The topological polar surface area (TPSA) is 50.9 Å². The molecule has 20 heavy (non-hydrogen) atoms. The molecule has 6 heteroatoms. The van der Waals surface area contributed by atoms with E-state index in [0.717, 1.165) is 19.4 Å². The normalized spacial score (nSPS) is 17.0. The molecule has 1 atom stereocenters. The van der Waals surface area contributed by atoms with Crippen LogP contribution in [-0.2, 0) is 9.47 Å². The van der Waals surface area contributed by atoms with E-state index in [9.17, 15) is 4.79 Å². The van der Waals surface area contributed by atoms with Gasteiger partial charge in [0.15, 0.2) is 0 Å². The van der Waals surface area contributed by atoms with Crippen LogP contribution in [0.3, 0.4) is 0 Å². The molecule has 4 nitrogen and oxygen atoms in total. The molecule has 0 bridgehead atoms. The molecule has 1 heterocycles. The molecule has 1 aliphatic heterocycles. The maximum Gasteiger partial charge on any atom is 0.252 e. The monoisotopic (exact) mass is 317 g/mol. The highest BCUT2D eigenvalue weighted by Gasteiger charge is 2.21. The molecule has 1 fully saturated rings. The van der Waals surface area contributed by atoms with Gasteiger partial charge in [-0.25, -0.2) is 0 Å². The standard InChI is InChI=1S/C14H17Cl2NO3/c15-12-5-3-4-11(13(12)16)14(18)17-6-1-2-7-19-8-10-9-20-10/h3-5,10H,1-2,6-9H2,(H,17,18). The third-order valence-corrected chi connectivity index (χ3v) is 3.72. The second-order valence-corrected chi connectivity index (χ2v) is 5.38. The highest BCUT2D eigenvalue weighted by Crippen LogP contribution is 2.25. The van der Waals surface area contributed by atoms with Gasteiger partial charge in [0.2, 0.25) is 0 Å². The number of rotatable bonds is 8. The first-order chi connectivity index (χ1) is 9.68. The summed E-state index contributed by atoms with van der Waals surface area (Å²) in [5.41, 5.74) is 0.404. The zero-order valence-electron chi connectivity index (χ0n) is 11.0. The summed E-state index contributed by atoms with van der Waals surface area (Å²) in [6, 6.07) is 5.01. The Morgan fingerprint density at radius 2 is 2.20 bits per heavy atom. The highest BCUT2D eigenvalue weighted by atomic mass is 35.5. The lowest BCUT2D eigenvalue weighted by Gasteiger charge is -2.07. The Balaban J connectivity index is 1.60. The third-order valence-electron chi connectivity index (χ3n) is 2.90. The summed E-state index contributed by atoms with van der Waals surface area (Å²) in [6.07, 6.45) is 2.06. The molecule has 0 saturated carbocycles. The molecule has 1 N–H and O–H groups in total. The maximum atomic E-state index is 11.9. The van der Waals surface area contributed by atoms with Gasteiger partial charge in [-0.2, -0.15) is 0 Å². The molecule has 110 valence electrons. The SMILES string of the molecule is O=C(NCCCCOCC1CO1)c1cccc(Cl)c1Cl. The summed E-state index contributed by atoms with van der Waals surface area (Å²) in [5.74, 6) is -0.204. The van der Waals surface area contributed by atoms with Gasteiger partial charge in [0, 0.05) is 13.2 Å². The zero-order valence-corrected chi connectivity index (χ0v) is 12.5. The van der Waals surface area contributed by atoms with Crippen LogP contribution in [0, 0.1) is 0 Å². The largest absolute Gasteiger partial charge is 0.379 e. The first-order valence-corrected chi connectivity index (χ1v) is 7.35. The predicted octanol–water partition coefficient (Wildman–Crippen LogP) is 2.92. The van der Waals surface area contributed by atoms with E-state index in [0.29, 0.717) is 41.5 Å². The van der Waals surface area contributed by atoms with Crippen molar-refractivity contribution in [2.75, 3.05) is 26.4 Å². The van der Waals surface area contributed by atoms with Gasteiger partial charge in [0.1, 0.15) is 6.10 Å². The van der Waals surface area contributed by atoms with Crippen LogP contribution in [-0.4, -0.2) is 38.4 Å². The van der Waals surface area contributed by atoms with E-state index in [1.165, 1.54) is 0 Å². The van der Waals surface area contributed by atoms with Crippen molar-refractivity contribution in [3.63, 3.8) is 0 Å². The van der Waals surface area contributed by atoms with Crippen LogP contribution in [0.5, 0.6) is 0 Å². The van der Waals surface area contributed by atoms with Crippen LogP contribution >= 0.6 is 23.2 Å². The van der Waals surface area contributed by atoms with Gasteiger partial charge in [-0.15, -0.1) is 0 Å². The number of carbonyl (C=O) groups is 1. The molecule has 1 saturated heterocycles. The molecule has 0 radical (unpaired) electrons. The van der Waals surface area contributed by atoms with Gasteiger partial charge in [-0.3, -0.25) is 4.79 Å².